The van der Waals surface area contributed by atoms with E-state index >= 15 is 0 Å². The summed E-state index contributed by atoms with van der Waals surface area (Å²) in [6, 6.07) is 5.88. The van der Waals surface area contributed by atoms with Crippen molar-refractivity contribution in [1.29, 1.82) is 0 Å². The number of aryl methyl sites for hydroxylation is 2. The molecule has 0 unspecified atom stereocenters. The summed E-state index contributed by atoms with van der Waals surface area (Å²) >= 11 is 1.39. The van der Waals surface area contributed by atoms with Crippen molar-refractivity contribution in [1.82, 2.24) is 9.55 Å². The number of aliphatic carboxylic acids is 1. The number of thiophene rings is 1. The first kappa shape index (κ1) is 17.7. The van der Waals surface area contributed by atoms with Gasteiger partial charge in [-0.1, -0.05) is 12.1 Å². The van der Waals surface area contributed by atoms with Crippen molar-refractivity contribution in [3.05, 3.63) is 66.6 Å². The summed E-state index contributed by atoms with van der Waals surface area (Å²) in [4.78, 5) is 40.3. The van der Waals surface area contributed by atoms with E-state index in [0.717, 1.165) is 15.0 Å². The summed E-state index contributed by atoms with van der Waals surface area (Å²) in [5.74, 6) is -0.817. The monoisotopic (exact) mass is 373 g/mol. The van der Waals surface area contributed by atoms with Gasteiger partial charge in [-0.25, -0.2) is 4.98 Å². The van der Waals surface area contributed by atoms with Gasteiger partial charge in [-0.05, 0) is 25.0 Å². The van der Waals surface area contributed by atoms with Gasteiger partial charge in [-0.3, -0.25) is 24.3 Å². The van der Waals surface area contributed by atoms with Crippen LogP contribution in [0.15, 0.2) is 29.1 Å². The summed E-state index contributed by atoms with van der Waals surface area (Å²) in [6.45, 7) is 3.22. The van der Waals surface area contributed by atoms with Crippen molar-refractivity contribution in [3.63, 3.8) is 0 Å². The van der Waals surface area contributed by atoms with Crippen molar-refractivity contribution in [2.24, 2.45) is 0 Å². The third-order valence-corrected chi connectivity index (χ3v) is 5.27. The zero-order valence-electron chi connectivity index (χ0n) is 14.1. The van der Waals surface area contributed by atoms with Crippen LogP contribution in [-0.2, 0) is 17.8 Å². The topological polar surface area (TPSA) is 115 Å². The number of nitrogens with zero attached hydrogens (tertiary/aromatic N) is 3. The van der Waals surface area contributed by atoms with Crippen LogP contribution in [0.2, 0.25) is 0 Å². The lowest BCUT2D eigenvalue weighted by Gasteiger charge is -2.11. The molecule has 0 amide bonds. The molecular weight excluding hydrogens is 358 g/mol. The van der Waals surface area contributed by atoms with E-state index in [9.17, 15) is 19.7 Å². The fourth-order valence-electron chi connectivity index (χ4n) is 2.72. The number of nitro groups is 1. The van der Waals surface area contributed by atoms with Crippen LogP contribution in [0, 0.1) is 24.0 Å². The van der Waals surface area contributed by atoms with Crippen molar-refractivity contribution in [2.45, 2.75) is 26.8 Å². The molecule has 2 heterocycles. The first-order valence-electron chi connectivity index (χ1n) is 7.72. The van der Waals surface area contributed by atoms with Crippen LogP contribution < -0.4 is 5.56 Å². The van der Waals surface area contributed by atoms with Crippen LogP contribution in [0.4, 0.5) is 5.69 Å². The van der Waals surface area contributed by atoms with Crippen molar-refractivity contribution in [2.75, 3.05) is 0 Å². The number of aromatic nitrogens is 2. The molecule has 9 heteroatoms. The quantitative estimate of drug-likeness (QED) is 0.543. The molecule has 0 atom stereocenters. The summed E-state index contributed by atoms with van der Waals surface area (Å²) in [7, 11) is 0. The third kappa shape index (κ3) is 3.21. The van der Waals surface area contributed by atoms with Gasteiger partial charge in [0.25, 0.3) is 11.2 Å². The molecule has 26 heavy (non-hydrogen) atoms. The minimum atomic E-state index is -1.14. The third-order valence-electron chi connectivity index (χ3n) is 4.17. The average molecular weight is 373 g/mol. The van der Waals surface area contributed by atoms with Gasteiger partial charge in [0.05, 0.1) is 10.3 Å². The maximum atomic E-state index is 12.8. The number of hydrogen-bond acceptors (Lipinski definition) is 6. The van der Waals surface area contributed by atoms with Crippen LogP contribution >= 0.6 is 11.3 Å². The van der Waals surface area contributed by atoms with E-state index in [1.54, 1.807) is 12.1 Å². The Morgan fingerprint density at radius 1 is 1.31 bits per heavy atom. The molecule has 0 saturated heterocycles. The molecule has 1 aromatic carbocycles. The number of fused-ring (bicyclic) bond motifs is 1. The molecule has 2 aromatic heterocycles. The summed E-state index contributed by atoms with van der Waals surface area (Å²) < 4.78 is 1.16. The van der Waals surface area contributed by atoms with Gasteiger partial charge in [-0.15, -0.1) is 11.3 Å². The van der Waals surface area contributed by atoms with Gasteiger partial charge in [0.2, 0.25) is 0 Å². The van der Waals surface area contributed by atoms with Gasteiger partial charge in [0.15, 0.2) is 0 Å². The Balaban J connectivity index is 2.12. The molecule has 8 nitrogen and oxygen atoms in total. The molecule has 0 spiro atoms. The fraction of sp³-hybridized carbons (Fsp3) is 0.235. The minimum Gasteiger partial charge on any atom is -0.480 e. The lowest BCUT2D eigenvalue weighted by atomic mass is 10.1. The molecule has 0 aliphatic rings. The first-order chi connectivity index (χ1) is 12.3. The lowest BCUT2D eigenvalue weighted by molar-refractivity contribution is -0.384. The minimum absolute atomic E-state index is 0.0374. The van der Waals surface area contributed by atoms with Gasteiger partial charge in [0.1, 0.15) is 17.2 Å². The molecule has 0 aliphatic heterocycles. The van der Waals surface area contributed by atoms with E-state index in [1.165, 1.54) is 23.5 Å². The Labute approximate surface area is 151 Å². The van der Waals surface area contributed by atoms with Crippen LogP contribution in [0.3, 0.4) is 0 Å². The second-order valence-corrected chi connectivity index (χ2v) is 7.08. The van der Waals surface area contributed by atoms with Crippen LogP contribution in [0.25, 0.3) is 10.2 Å². The Morgan fingerprint density at radius 3 is 2.54 bits per heavy atom. The van der Waals surface area contributed by atoms with E-state index in [-0.39, 0.29) is 17.7 Å². The highest BCUT2D eigenvalue weighted by atomic mass is 32.1. The van der Waals surface area contributed by atoms with Crippen molar-refractivity contribution in [3.8, 4) is 0 Å². The summed E-state index contributed by atoms with van der Waals surface area (Å²) in [5.41, 5.74) is 1.09. The van der Waals surface area contributed by atoms with Crippen molar-refractivity contribution < 1.29 is 14.8 Å². The molecule has 3 aromatic rings. The number of nitro benzene ring substituents is 1. The molecule has 0 aliphatic carbocycles. The maximum absolute atomic E-state index is 12.8. The number of non-ortho nitro benzene ring substituents is 1. The SMILES string of the molecule is Cc1sc2nc(Cc3ccc([N+](=O)[O-])cc3)n(CC(=O)O)c(=O)c2c1C. The highest BCUT2D eigenvalue weighted by Gasteiger charge is 2.18. The number of rotatable bonds is 5. The van der Waals surface area contributed by atoms with Gasteiger partial charge in [0, 0.05) is 23.4 Å². The number of carboxylic acid groups (broad SMARTS) is 1. The highest BCUT2D eigenvalue weighted by molar-refractivity contribution is 7.18. The van der Waals surface area contributed by atoms with E-state index in [0.29, 0.717) is 21.6 Å². The summed E-state index contributed by atoms with van der Waals surface area (Å²) in [6.07, 6.45) is 0.201. The maximum Gasteiger partial charge on any atom is 0.323 e. The van der Waals surface area contributed by atoms with Gasteiger partial charge < -0.3 is 5.11 Å². The second-order valence-electron chi connectivity index (χ2n) is 5.88. The Hall–Kier alpha value is -3.07. The normalized spacial score (nSPS) is 11.0. The van der Waals surface area contributed by atoms with Crippen LogP contribution in [0.1, 0.15) is 21.8 Å². The predicted molar refractivity (Wildman–Crippen MR) is 96.9 cm³/mol. The standard InChI is InChI=1S/C17H15N3O5S/c1-9-10(2)26-16-15(9)17(23)19(8-14(21)22)13(18-16)7-11-3-5-12(6-4-11)20(24)25/h3-6H,7-8H2,1-2H3,(H,21,22). The van der Waals surface area contributed by atoms with E-state index < -0.39 is 17.4 Å². The van der Waals surface area contributed by atoms with E-state index in [4.69, 9.17) is 5.11 Å². The number of benzene rings is 1. The zero-order chi connectivity index (χ0) is 19.0. The van der Waals surface area contributed by atoms with E-state index in [2.05, 4.69) is 4.98 Å². The predicted octanol–water partition coefficient (Wildman–Crippen LogP) is 2.66. The molecule has 0 saturated carbocycles. The molecule has 0 radical (unpaired) electrons. The molecular formula is C17H15N3O5S. The Morgan fingerprint density at radius 2 is 1.96 bits per heavy atom. The molecule has 0 bridgehead atoms. The number of carbonyl (C=O) groups is 1. The largest absolute Gasteiger partial charge is 0.480 e. The molecule has 3 rings (SSSR count). The van der Waals surface area contributed by atoms with Crippen LogP contribution in [0.5, 0.6) is 0 Å². The van der Waals surface area contributed by atoms with Crippen LogP contribution in [-0.4, -0.2) is 25.6 Å². The lowest BCUT2D eigenvalue weighted by Crippen LogP contribution is -2.28. The van der Waals surface area contributed by atoms with E-state index in [1.807, 2.05) is 13.8 Å². The van der Waals surface area contributed by atoms with Gasteiger partial charge >= 0.3 is 5.97 Å². The Kier molecular flexibility index (Phi) is 4.56. The smallest absolute Gasteiger partial charge is 0.323 e. The second kappa shape index (κ2) is 6.68. The molecule has 1 N–H and O–H groups in total. The first-order valence-corrected chi connectivity index (χ1v) is 8.54. The Bertz CT molecular complexity index is 1080. The average Bonchev–Trinajstić information content (AvgIpc) is 2.86. The highest BCUT2D eigenvalue weighted by Crippen LogP contribution is 2.26. The fourth-order valence-corrected chi connectivity index (χ4v) is 3.76. The zero-order valence-corrected chi connectivity index (χ0v) is 14.9. The summed E-state index contributed by atoms with van der Waals surface area (Å²) in [5, 5.41) is 20.4. The molecule has 134 valence electrons. The van der Waals surface area contributed by atoms with Crippen molar-refractivity contribution >= 4 is 33.2 Å². The van der Waals surface area contributed by atoms with Gasteiger partial charge in [-0.2, -0.15) is 0 Å². The number of carboxylic acids is 1. The molecule has 0 fully saturated rings. The number of hydrogen-bond donors (Lipinski definition) is 1.